The minimum atomic E-state index is -5.07. The van der Waals surface area contributed by atoms with Crippen LogP contribution in [0.5, 0.6) is 5.75 Å². The number of aryl methyl sites for hydroxylation is 1. The number of nitrogens with one attached hydrogen (secondary N) is 1. The third kappa shape index (κ3) is 3.25. The van der Waals surface area contributed by atoms with Crippen LogP contribution in [-0.2, 0) is 4.74 Å². The number of aromatic nitrogens is 1. The summed E-state index contributed by atoms with van der Waals surface area (Å²) in [5, 5.41) is 0. The number of rotatable bonds is 3. The molecule has 0 aliphatic heterocycles. The molecule has 1 heterocycles. The number of alkyl halides is 3. The molecule has 0 saturated carbocycles. The molecule has 0 saturated heterocycles. The highest BCUT2D eigenvalue weighted by atomic mass is 19.4. The van der Waals surface area contributed by atoms with Gasteiger partial charge >= 0.3 is 12.3 Å². The summed E-state index contributed by atoms with van der Waals surface area (Å²) < 4.78 is 44.6. The fourth-order valence-electron chi connectivity index (χ4n) is 1.17. The molecule has 1 aromatic rings. The highest BCUT2D eigenvalue weighted by Gasteiger charge is 2.35. The number of halogens is 3. The van der Waals surface area contributed by atoms with Crippen molar-refractivity contribution in [1.82, 2.24) is 4.98 Å². The Bertz CT molecular complexity index is 507. The number of hydrogen-bond donors (Lipinski definition) is 1. The van der Waals surface area contributed by atoms with Crippen LogP contribution in [0.2, 0.25) is 0 Å². The van der Waals surface area contributed by atoms with Crippen molar-refractivity contribution in [3.05, 3.63) is 27.7 Å². The van der Waals surface area contributed by atoms with Crippen molar-refractivity contribution in [2.75, 3.05) is 6.61 Å². The van der Waals surface area contributed by atoms with Crippen LogP contribution in [-0.4, -0.2) is 23.9 Å². The summed E-state index contributed by atoms with van der Waals surface area (Å²) in [6, 6.07) is 0. The van der Waals surface area contributed by atoms with E-state index in [-0.39, 0.29) is 12.2 Å². The molecular weight excluding hydrogens is 255 g/mol. The molecule has 0 spiro atoms. The normalized spacial score (nSPS) is 11.2. The Kier molecular flexibility index (Phi) is 4.00. The van der Waals surface area contributed by atoms with Gasteiger partial charge in [-0.25, -0.2) is 4.79 Å². The SMILES string of the molecule is CCOC(=O)c1[nH]cc(C)c(=O)c1OC(F)(F)F. The summed E-state index contributed by atoms with van der Waals surface area (Å²) >= 11 is 0. The smallest absolute Gasteiger partial charge is 0.461 e. The molecule has 100 valence electrons. The van der Waals surface area contributed by atoms with Gasteiger partial charge in [0.25, 0.3) is 0 Å². The van der Waals surface area contributed by atoms with Crippen LogP contribution in [0, 0.1) is 6.92 Å². The Morgan fingerprint density at radius 1 is 1.44 bits per heavy atom. The van der Waals surface area contributed by atoms with Gasteiger partial charge in [0.1, 0.15) is 0 Å². The highest BCUT2D eigenvalue weighted by Crippen LogP contribution is 2.23. The molecule has 0 aromatic carbocycles. The van der Waals surface area contributed by atoms with Gasteiger partial charge in [0.2, 0.25) is 11.2 Å². The summed E-state index contributed by atoms with van der Waals surface area (Å²) in [4.78, 5) is 25.2. The molecule has 0 aliphatic rings. The van der Waals surface area contributed by atoms with Crippen LogP contribution in [0.3, 0.4) is 0 Å². The topological polar surface area (TPSA) is 68.4 Å². The van der Waals surface area contributed by atoms with Crippen LogP contribution in [0.4, 0.5) is 13.2 Å². The van der Waals surface area contributed by atoms with Crippen LogP contribution in [0.25, 0.3) is 0 Å². The molecule has 0 bridgehead atoms. The molecule has 0 atom stereocenters. The average molecular weight is 265 g/mol. The number of aromatic amines is 1. The molecular formula is C10H10F3NO4. The molecule has 0 radical (unpaired) electrons. The van der Waals surface area contributed by atoms with Gasteiger partial charge in [-0.1, -0.05) is 0 Å². The lowest BCUT2D eigenvalue weighted by molar-refractivity contribution is -0.275. The molecule has 18 heavy (non-hydrogen) atoms. The lowest BCUT2D eigenvalue weighted by Gasteiger charge is -2.12. The van der Waals surface area contributed by atoms with Crippen LogP contribution in [0.1, 0.15) is 23.0 Å². The Balaban J connectivity index is 3.30. The summed E-state index contributed by atoms with van der Waals surface area (Å²) in [7, 11) is 0. The maximum Gasteiger partial charge on any atom is 0.573 e. The minimum Gasteiger partial charge on any atom is -0.461 e. The van der Waals surface area contributed by atoms with E-state index in [0.29, 0.717) is 0 Å². The van der Waals surface area contributed by atoms with Crippen molar-refractivity contribution < 1.29 is 27.4 Å². The zero-order valence-electron chi connectivity index (χ0n) is 9.55. The van der Waals surface area contributed by atoms with Gasteiger partial charge in [0, 0.05) is 11.8 Å². The van der Waals surface area contributed by atoms with Gasteiger partial charge in [-0.3, -0.25) is 4.79 Å². The van der Waals surface area contributed by atoms with Gasteiger partial charge in [-0.2, -0.15) is 0 Å². The summed E-state index contributed by atoms with van der Waals surface area (Å²) in [5.41, 5.74) is -1.69. The van der Waals surface area contributed by atoms with E-state index < -0.39 is 29.2 Å². The number of carbonyl (C=O) groups is 1. The average Bonchev–Trinajstić information content (AvgIpc) is 2.23. The van der Waals surface area contributed by atoms with Gasteiger partial charge in [-0.05, 0) is 13.8 Å². The lowest BCUT2D eigenvalue weighted by Crippen LogP contribution is -2.26. The quantitative estimate of drug-likeness (QED) is 0.845. The molecule has 1 aromatic heterocycles. The van der Waals surface area contributed by atoms with E-state index in [1.807, 2.05) is 0 Å². The van der Waals surface area contributed by atoms with Gasteiger partial charge < -0.3 is 14.5 Å². The third-order valence-electron chi connectivity index (χ3n) is 1.92. The molecule has 0 amide bonds. The Morgan fingerprint density at radius 2 is 2.06 bits per heavy atom. The second kappa shape index (κ2) is 5.11. The van der Waals surface area contributed by atoms with Crippen LogP contribution in [0.15, 0.2) is 11.0 Å². The molecule has 1 N–H and O–H groups in total. The van der Waals surface area contributed by atoms with E-state index in [4.69, 9.17) is 0 Å². The minimum absolute atomic E-state index is 0.0118. The predicted molar refractivity (Wildman–Crippen MR) is 54.4 cm³/mol. The molecule has 0 aliphatic carbocycles. The van der Waals surface area contributed by atoms with Crippen molar-refractivity contribution in [2.45, 2.75) is 20.2 Å². The fourth-order valence-corrected chi connectivity index (χ4v) is 1.17. The van der Waals surface area contributed by atoms with Crippen molar-refractivity contribution in [1.29, 1.82) is 0 Å². The van der Waals surface area contributed by atoms with Crippen molar-refractivity contribution in [3.63, 3.8) is 0 Å². The maximum absolute atomic E-state index is 12.2. The first-order valence-corrected chi connectivity index (χ1v) is 4.91. The zero-order valence-corrected chi connectivity index (χ0v) is 9.55. The number of ether oxygens (including phenoxy) is 2. The van der Waals surface area contributed by atoms with Crippen LogP contribution < -0.4 is 10.2 Å². The van der Waals surface area contributed by atoms with Crippen molar-refractivity contribution in [2.24, 2.45) is 0 Å². The number of H-pyrrole nitrogens is 1. The van der Waals surface area contributed by atoms with E-state index in [2.05, 4.69) is 14.5 Å². The third-order valence-corrected chi connectivity index (χ3v) is 1.92. The Labute approximate surface area is 99.5 Å². The maximum atomic E-state index is 12.2. The van der Waals surface area contributed by atoms with E-state index in [1.54, 1.807) is 0 Å². The molecule has 0 unspecified atom stereocenters. The van der Waals surface area contributed by atoms with E-state index >= 15 is 0 Å². The van der Waals surface area contributed by atoms with Gasteiger partial charge in [0.05, 0.1) is 6.61 Å². The number of carbonyl (C=O) groups excluding carboxylic acids is 1. The molecule has 8 heteroatoms. The Hall–Kier alpha value is -1.99. The monoisotopic (exact) mass is 265 g/mol. The summed E-state index contributed by atoms with van der Waals surface area (Å²) in [6.07, 6.45) is -3.96. The summed E-state index contributed by atoms with van der Waals surface area (Å²) in [5.74, 6) is -2.20. The highest BCUT2D eigenvalue weighted by molar-refractivity contribution is 5.90. The van der Waals surface area contributed by atoms with Crippen molar-refractivity contribution >= 4 is 5.97 Å². The second-order valence-electron chi connectivity index (χ2n) is 3.27. The standard InChI is InChI=1S/C10H10F3NO4/c1-3-17-9(16)6-8(18-10(11,12)13)7(15)5(2)4-14-6/h4H,3H2,1-2H3,(H,14,15). The predicted octanol–water partition coefficient (Wildman–Crippen LogP) is 1.76. The number of esters is 1. The van der Waals surface area contributed by atoms with Crippen LogP contribution >= 0.6 is 0 Å². The summed E-state index contributed by atoms with van der Waals surface area (Å²) in [6.45, 7) is 2.73. The van der Waals surface area contributed by atoms with Gasteiger partial charge in [0.15, 0.2) is 5.69 Å². The van der Waals surface area contributed by atoms with E-state index in [0.717, 1.165) is 6.20 Å². The second-order valence-corrected chi connectivity index (χ2v) is 3.27. The van der Waals surface area contributed by atoms with E-state index in [1.165, 1.54) is 13.8 Å². The zero-order chi connectivity index (χ0) is 13.9. The fraction of sp³-hybridized carbons (Fsp3) is 0.400. The largest absolute Gasteiger partial charge is 0.573 e. The molecule has 1 rings (SSSR count). The number of pyridine rings is 1. The Morgan fingerprint density at radius 3 is 2.56 bits per heavy atom. The number of hydrogen-bond acceptors (Lipinski definition) is 4. The first-order chi connectivity index (χ1) is 8.26. The molecule has 0 fully saturated rings. The van der Waals surface area contributed by atoms with Crippen molar-refractivity contribution in [3.8, 4) is 5.75 Å². The lowest BCUT2D eigenvalue weighted by atomic mass is 10.2. The van der Waals surface area contributed by atoms with Gasteiger partial charge in [-0.15, -0.1) is 13.2 Å². The van der Waals surface area contributed by atoms with E-state index in [9.17, 15) is 22.8 Å². The molecule has 5 nitrogen and oxygen atoms in total. The first-order valence-electron chi connectivity index (χ1n) is 4.91. The first kappa shape index (κ1) is 14.1.